The highest BCUT2D eigenvalue weighted by molar-refractivity contribution is 6.35. The molecule has 0 heterocycles. The number of aryl methyl sites for hydroxylation is 1. The molecule has 3 aromatic carbocycles. The van der Waals surface area contributed by atoms with Crippen LogP contribution in [-0.4, -0.2) is 55.4 Å². The van der Waals surface area contributed by atoms with Gasteiger partial charge in [-0.2, -0.15) is 35.1 Å². The van der Waals surface area contributed by atoms with Crippen LogP contribution in [-0.2, 0) is 12.1 Å². The molecule has 0 aliphatic heterocycles. The molecule has 1 amide bonds. The van der Waals surface area contributed by atoms with Crippen molar-refractivity contribution in [1.82, 2.24) is 0 Å². The number of anilines is 1. The minimum Gasteiger partial charge on any atom is -0.494 e. The Balaban J connectivity index is 2.11. The summed E-state index contributed by atoms with van der Waals surface area (Å²) in [4.78, 5) is 39.3. The Morgan fingerprint density at radius 3 is 2.04 bits per heavy atom. The van der Waals surface area contributed by atoms with Crippen molar-refractivity contribution in [3.05, 3.63) is 86.9 Å². The first-order valence-electron chi connectivity index (χ1n) is 13.2. The average Bonchev–Trinajstić information content (AvgIpc) is 2.96. The predicted octanol–water partition coefficient (Wildman–Crippen LogP) is 8.34. The molecule has 1 N–H and O–H groups in total. The Morgan fingerprint density at radius 1 is 0.936 bits per heavy atom. The molecule has 0 bridgehead atoms. The van der Waals surface area contributed by atoms with E-state index in [-0.39, 0.29) is 51.8 Å². The lowest BCUT2D eigenvalue weighted by atomic mass is 9.89. The summed E-state index contributed by atoms with van der Waals surface area (Å²) in [7, 11) is 1.11. The predicted molar refractivity (Wildman–Crippen MR) is 149 cm³/mol. The number of aromatic carboxylic acids is 1. The van der Waals surface area contributed by atoms with Crippen molar-refractivity contribution < 1.29 is 68.5 Å². The second kappa shape index (κ2) is 13.7. The third-order valence-electron chi connectivity index (χ3n) is 6.96. The van der Waals surface area contributed by atoms with Gasteiger partial charge in [-0.1, -0.05) is 23.7 Å². The lowest BCUT2D eigenvalue weighted by molar-refractivity contribution is -0.348. The maximum atomic E-state index is 14.8. The van der Waals surface area contributed by atoms with E-state index in [1.807, 2.05) is 0 Å². The van der Waals surface area contributed by atoms with E-state index < -0.39 is 71.2 Å². The number of carboxylic acids is 1. The highest BCUT2D eigenvalue weighted by Crippen LogP contribution is 2.54. The van der Waals surface area contributed by atoms with Gasteiger partial charge >= 0.3 is 30.6 Å². The molecule has 3 aromatic rings. The highest BCUT2D eigenvalue weighted by Gasteiger charge is 2.73. The standard InChI is InChI=1S/C30H23ClF9NO6/c1-4-41(25(43)17-9-8-15(26(44)45)11-20(17)31)21-7-5-6-18(24(21)46-3)22(42)13-19-14(2)10-16(12-23(19)47-27(32)33)28(34,29(35,36)37)30(38,39)40/h5-12,27H,4,13H2,1-3H3,(H,44,45). The number of ketones is 1. The fraction of sp³-hybridized carbons (Fsp3) is 0.300. The number of rotatable bonds is 11. The minimum absolute atomic E-state index is 0.0158. The number of methoxy groups -OCH3 is 1. The summed E-state index contributed by atoms with van der Waals surface area (Å²) in [5, 5.41) is 8.96. The number of halogens is 10. The van der Waals surface area contributed by atoms with E-state index in [0.717, 1.165) is 31.1 Å². The fourth-order valence-corrected chi connectivity index (χ4v) is 4.98. The van der Waals surface area contributed by atoms with Crippen LogP contribution < -0.4 is 14.4 Å². The molecule has 0 radical (unpaired) electrons. The molecule has 7 nitrogen and oxygen atoms in total. The minimum atomic E-state index is -6.55. The van der Waals surface area contributed by atoms with Crippen molar-refractivity contribution in [3.63, 3.8) is 0 Å². The summed E-state index contributed by atoms with van der Waals surface area (Å²) in [6, 6.07) is 7.14. The van der Waals surface area contributed by atoms with Crippen LogP contribution in [0.4, 0.5) is 45.2 Å². The number of hydrogen-bond acceptors (Lipinski definition) is 5. The Labute approximate surface area is 265 Å². The Morgan fingerprint density at radius 2 is 1.55 bits per heavy atom. The normalized spacial score (nSPS) is 12.2. The van der Waals surface area contributed by atoms with Gasteiger partial charge in [0, 0.05) is 24.1 Å². The second-order valence-electron chi connectivity index (χ2n) is 9.81. The Hall–Kier alpha value is -4.47. The van der Waals surface area contributed by atoms with E-state index in [9.17, 15) is 53.9 Å². The third kappa shape index (κ3) is 7.26. The zero-order chi connectivity index (χ0) is 35.6. The van der Waals surface area contributed by atoms with Crippen molar-refractivity contribution in [2.75, 3.05) is 18.6 Å². The number of carbonyl (C=O) groups excluding carboxylic acids is 2. The lowest BCUT2D eigenvalue weighted by Gasteiger charge is -2.31. The molecule has 47 heavy (non-hydrogen) atoms. The first-order chi connectivity index (χ1) is 21.7. The summed E-state index contributed by atoms with van der Waals surface area (Å²) in [5.41, 5.74) is -9.87. The number of para-hydroxylation sites is 1. The van der Waals surface area contributed by atoms with Crippen molar-refractivity contribution in [3.8, 4) is 11.5 Å². The zero-order valence-corrected chi connectivity index (χ0v) is 25.1. The summed E-state index contributed by atoms with van der Waals surface area (Å²) >= 11 is 6.15. The first-order valence-corrected chi connectivity index (χ1v) is 13.5. The molecule has 0 unspecified atom stereocenters. The van der Waals surface area contributed by atoms with Gasteiger partial charge in [0.25, 0.3) is 5.91 Å². The topological polar surface area (TPSA) is 93.1 Å². The van der Waals surface area contributed by atoms with Gasteiger partial charge in [0.2, 0.25) is 0 Å². The van der Waals surface area contributed by atoms with E-state index in [2.05, 4.69) is 4.74 Å². The van der Waals surface area contributed by atoms with Crippen molar-refractivity contribution in [2.45, 2.75) is 44.9 Å². The van der Waals surface area contributed by atoms with Crippen LogP contribution >= 0.6 is 11.6 Å². The van der Waals surface area contributed by atoms with Crippen molar-refractivity contribution in [2.24, 2.45) is 0 Å². The molecule has 0 aromatic heterocycles. The number of carboxylic acid groups (broad SMARTS) is 1. The van der Waals surface area contributed by atoms with Crippen molar-refractivity contribution in [1.29, 1.82) is 0 Å². The monoisotopic (exact) mass is 699 g/mol. The van der Waals surface area contributed by atoms with Crippen LogP contribution in [0.3, 0.4) is 0 Å². The van der Waals surface area contributed by atoms with Crippen LogP contribution in [0.15, 0.2) is 48.5 Å². The number of amides is 1. The van der Waals surface area contributed by atoms with Gasteiger partial charge in [0.05, 0.1) is 34.5 Å². The Bertz CT molecular complexity index is 1680. The number of nitrogens with zero attached hydrogens (tertiary/aromatic N) is 1. The molecule has 254 valence electrons. The van der Waals surface area contributed by atoms with Crippen LogP contribution in [0, 0.1) is 6.92 Å². The Kier molecular flexibility index (Phi) is 10.8. The highest BCUT2D eigenvalue weighted by atomic mass is 35.5. The molecular formula is C30H23ClF9NO6. The molecule has 0 aliphatic rings. The van der Waals surface area contributed by atoms with E-state index in [0.29, 0.717) is 0 Å². The van der Waals surface area contributed by atoms with E-state index in [1.165, 1.54) is 31.2 Å². The van der Waals surface area contributed by atoms with E-state index >= 15 is 0 Å². The molecular weight excluding hydrogens is 677 g/mol. The maximum absolute atomic E-state index is 14.8. The SMILES string of the molecule is CCN(C(=O)c1ccc(C(=O)O)cc1Cl)c1cccc(C(=O)Cc2c(C)cc(C(F)(C(F)(F)F)C(F)(F)F)cc2OC(F)F)c1OC. The van der Waals surface area contributed by atoms with Crippen LogP contribution in [0.5, 0.6) is 11.5 Å². The molecule has 0 spiro atoms. The van der Waals surface area contributed by atoms with Gasteiger partial charge in [-0.15, -0.1) is 0 Å². The number of ether oxygens (including phenoxy) is 2. The third-order valence-corrected chi connectivity index (χ3v) is 7.27. The molecule has 0 atom stereocenters. The van der Waals surface area contributed by atoms with Gasteiger partial charge < -0.3 is 19.5 Å². The van der Waals surface area contributed by atoms with Gasteiger partial charge in [-0.05, 0) is 55.8 Å². The molecule has 0 fully saturated rings. The van der Waals surface area contributed by atoms with E-state index in [4.69, 9.17) is 21.4 Å². The van der Waals surface area contributed by atoms with Crippen molar-refractivity contribution >= 4 is 34.9 Å². The summed E-state index contributed by atoms with van der Waals surface area (Å²) in [6.45, 7) is -1.43. The fourth-order valence-electron chi connectivity index (χ4n) is 4.72. The number of Topliss-reactive ketones (excluding diaryl/α,β-unsaturated/α-hetero) is 1. The average molecular weight is 700 g/mol. The summed E-state index contributed by atoms with van der Waals surface area (Å²) in [5.74, 6) is -4.57. The van der Waals surface area contributed by atoms with Gasteiger partial charge in [-0.3, -0.25) is 9.59 Å². The van der Waals surface area contributed by atoms with Crippen LogP contribution in [0.2, 0.25) is 5.02 Å². The van der Waals surface area contributed by atoms with E-state index in [1.54, 1.807) is 0 Å². The summed E-state index contributed by atoms with van der Waals surface area (Å²) in [6.07, 6.45) is -14.0. The summed E-state index contributed by atoms with van der Waals surface area (Å²) < 4.78 is 131. The van der Waals surface area contributed by atoms with Crippen LogP contribution in [0.25, 0.3) is 0 Å². The second-order valence-corrected chi connectivity index (χ2v) is 10.2. The number of hydrogen-bond donors (Lipinski definition) is 1. The molecule has 0 saturated heterocycles. The number of benzene rings is 3. The number of carbonyl (C=O) groups is 3. The van der Waals surface area contributed by atoms with Crippen LogP contribution in [0.1, 0.15) is 54.7 Å². The van der Waals surface area contributed by atoms with Gasteiger partial charge in [0.1, 0.15) is 5.75 Å². The molecule has 0 saturated carbocycles. The lowest BCUT2D eigenvalue weighted by Crippen LogP contribution is -2.50. The largest absolute Gasteiger partial charge is 0.494 e. The molecule has 0 aliphatic carbocycles. The molecule has 3 rings (SSSR count). The quantitative estimate of drug-likeness (QED) is 0.160. The molecule has 17 heteroatoms. The van der Waals surface area contributed by atoms with Gasteiger partial charge in [0.15, 0.2) is 11.5 Å². The smallest absolute Gasteiger partial charge is 0.435 e. The maximum Gasteiger partial charge on any atom is 0.435 e. The van der Waals surface area contributed by atoms with Gasteiger partial charge in [-0.25, -0.2) is 9.18 Å². The first kappa shape index (κ1) is 37.0. The number of alkyl halides is 9. The zero-order valence-electron chi connectivity index (χ0n) is 24.3.